The highest BCUT2D eigenvalue weighted by Gasteiger charge is 2.18. The first-order chi connectivity index (χ1) is 9.43. The molecule has 1 aromatic carbocycles. The number of carboxylic acid groups (broad SMARTS) is 1. The van der Waals surface area contributed by atoms with E-state index in [1.807, 2.05) is 38.1 Å². The van der Waals surface area contributed by atoms with Gasteiger partial charge in [-0.1, -0.05) is 24.6 Å². The van der Waals surface area contributed by atoms with Crippen molar-refractivity contribution in [2.24, 2.45) is 5.73 Å². The maximum atomic E-state index is 12.3. The van der Waals surface area contributed by atoms with E-state index >= 15 is 0 Å². The van der Waals surface area contributed by atoms with Crippen LogP contribution in [0.5, 0.6) is 0 Å². The summed E-state index contributed by atoms with van der Waals surface area (Å²) < 4.78 is 0. The van der Waals surface area contributed by atoms with Crippen LogP contribution in [0.25, 0.3) is 0 Å². The quantitative estimate of drug-likeness (QED) is 0.798. The fourth-order valence-corrected chi connectivity index (χ4v) is 1.81. The molecular weight excluding hydrogens is 256 g/mol. The predicted octanol–water partition coefficient (Wildman–Crippen LogP) is 1.93. The van der Waals surface area contributed by atoms with E-state index in [4.69, 9.17) is 10.8 Å². The topological polar surface area (TPSA) is 83.6 Å². The van der Waals surface area contributed by atoms with Gasteiger partial charge in [0.25, 0.3) is 0 Å². The molecule has 0 spiro atoms. The molecule has 5 nitrogen and oxygen atoms in total. The predicted molar refractivity (Wildman–Crippen MR) is 78.7 cm³/mol. The number of carbonyl (C=O) groups excluding carboxylic acids is 1. The van der Waals surface area contributed by atoms with Gasteiger partial charge in [0.2, 0.25) is 5.91 Å². The van der Waals surface area contributed by atoms with Gasteiger partial charge in [0.15, 0.2) is 0 Å². The molecule has 5 heteroatoms. The molecule has 0 aromatic heterocycles. The number of carboxylic acids is 1. The molecule has 1 aromatic rings. The van der Waals surface area contributed by atoms with Gasteiger partial charge in [-0.05, 0) is 25.5 Å². The molecule has 0 saturated carbocycles. The Kier molecular flexibility index (Phi) is 6.18. The normalized spacial score (nSPS) is 11.9. The summed E-state index contributed by atoms with van der Waals surface area (Å²) in [6.07, 6.45) is 0.859. The molecule has 0 saturated heterocycles. The first kappa shape index (κ1) is 16.2. The van der Waals surface area contributed by atoms with E-state index in [9.17, 15) is 9.59 Å². The molecular formula is C15H22N2O3. The third-order valence-electron chi connectivity index (χ3n) is 3.16. The van der Waals surface area contributed by atoms with Crippen LogP contribution in [-0.4, -0.2) is 29.6 Å². The lowest BCUT2D eigenvalue weighted by Crippen LogP contribution is -2.37. The number of aliphatic carboxylic acids is 1. The van der Waals surface area contributed by atoms with E-state index in [1.165, 1.54) is 4.90 Å². The largest absolute Gasteiger partial charge is 0.481 e. The minimum atomic E-state index is -0.922. The monoisotopic (exact) mass is 278 g/mol. The van der Waals surface area contributed by atoms with Crippen LogP contribution >= 0.6 is 0 Å². The minimum absolute atomic E-state index is 0.0824. The Labute approximate surface area is 119 Å². The Hall–Kier alpha value is -1.88. The van der Waals surface area contributed by atoms with Crippen molar-refractivity contribution < 1.29 is 14.7 Å². The summed E-state index contributed by atoms with van der Waals surface area (Å²) in [5.41, 5.74) is 7.61. The number of hydrogen-bond acceptors (Lipinski definition) is 3. The van der Waals surface area contributed by atoms with E-state index in [1.54, 1.807) is 0 Å². The lowest BCUT2D eigenvalue weighted by molar-refractivity contribution is -0.136. The first-order valence-electron chi connectivity index (χ1n) is 6.78. The van der Waals surface area contributed by atoms with E-state index in [2.05, 4.69) is 0 Å². The highest BCUT2D eigenvalue weighted by atomic mass is 16.4. The Balaban J connectivity index is 2.86. The molecule has 0 aliphatic carbocycles. The van der Waals surface area contributed by atoms with Gasteiger partial charge in [0.1, 0.15) is 0 Å². The summed E-state index contributed by atoms with van der Waals surface area (Å²) in [4.78, 5) is 24.5. The summed E-state index contributed by atoms with van der Waals surface area (Å²) in [6, 6.07) is 7.26. The molecule has 0 radical (unpaired) electrons. The van der Waals surface area contributed by atoms with Crippen molar-refractivity contribution in [3.8, 4) is 0 Å². The van der Waals surface area contributed by atoms with Crippen molar-refractivity contribution >= 4 is 17.6 Å². The fourth-order valence-electron chi connectivity index (χ4n) is 1.81. The van der Waals surface area contributed by atoms with Crippen LogP contribution in [0.15, 0.2) is 24.3 Å². The second kappa shape index (κ2) is 7.65. The number of hydrogen-bond donors (Lipinski definition) is 2. The maximum absolute atomic E-state index is 12.3. The Morgan fingerprint density at radius 1 is 1.30 bits per heavy atom. The average molecular weight is 278 g/mol. The Morgan fingerprint density at radius 3 is 2.40 bits per heavy atom. The number of amides is 1. The van der Waals surface area contributed by atoms with E-state index in [0.29, 0.717) is 12.1 Å². The van der Waals surface area contributed by atoms with Crippen molar-refractivity contribution in [2.45, 2.75) is 39.2 Å². The molecule has 0 bridgehead atoms. The van der Waals surface area contributed by atoms with E-state index < -0.39 is 5.97 Å². The second-order valence-corrected chi connectivity index (χ2v) is 4.90. The molecule has 1 amide bonds. The summed E-state index contributed by atoms with van der Waals surface area (Å²) >= 11 is 0. The van der Waals surface area contributed by atoms with Crippen LogP contribution in [0.1, 0.15) is 31.7 Å². The zero-order valence-electron chi connectivity index (χ0n) is 12.0. The minimum Gasteiger partial charge on any atom is -0.481 e. The standard InChI is InChI=1S/C15H22N2O3/c1-3-12(16)10-14(18)17(9-8-15(19)20)13-6-4-11(2)5-7-13/h4-7,12H,3,8-10,16H2,1-2H3,(H,19,20). The summed E-state index contributed by atoms with van der Waals surface area (Å²) in [6.45, 7) is 4.04. The number of benzene rings is 1. The van der Waals surface area contributed by atoms with Crippen LogP contribution in [0.3, 0.4) is 0 Å². The highest BCUT2D eigenvalue weighted by molar-refractivity contribution is 5.94. The molecule has 0 aliphatic rings. The number of nitrogens with two attached hydrogens (primary N) is 1. The number of anilines is 1. The lowest BCUT2D eigenvalue weighted by Gasteiger charge is -2.23. The Bertz CT molecular complexity index is 457. The van der Waals surface area contributed by atoms with Crippen molar-refractivity contribution in [3.63, 3.8) is 0 Å². The molecule has 1 unspecified atom stereocenters. The van der Waals surface area contributed by atoms with Crippen molar-refractivity contribution in [1.29, 1.82) is 0 Å². The van der Waals surface area contributed by atoms with Crippen LogP contribution in [0.4, 0.5) is 5.69 Å². The van der Waals surface area contributed by atoms with E-state index in [0.717, 1.165) is 5.56 Å². The zero-order chi connectivity index (χ0) is 15.1. The van der Waals surface area contributed by atoms with Crippen LogP contribution < -0.4 is 10.6 Å². The number of aryl methyl sites for hydroxylation is 1. The van der Waals surface area contributed by atoms with Gasteiger partial charge in [-0.15, -0.1) is 0 Å². The number of rotatable bonds is 7. The molecule has 20 heavy (non-hydrogen) atoms. The average Bonchev–Trinajstić information content (AvgIpc) is 2.40. The number of carbonyl (C=O) groups is 2. The Morgan fingerprint density at radius 2 is 1.90 bits per heavy atom. The fraction of sp³-hybridized carbons (Fsp3) is 0.467. The molecule has 1 atom stereocenters. The highest BCUT2D eigenvalue weighted by Crippen LogP contribution is 2.17. The second-order valence-electron chi connectivity index (χ2n) is 4.90. The van der Waals surface area contributed by atoms with Gasteiger partial charge >= 0.3 is 5.97 Å². The SMILES string of the molecule is CCC(N)CC(=O)N(CCC(=O)O)c1ccc(C)cc1. The smallest absolute Gasteiger partial charge is 0.305 e. The number of nitrogens with zero attached hydrogens (tertiary/aromatic N) is 1. The first-order valence-corrected chi connectivity index (χ1v) is 6.78. The summed E-state index contributed by atoms with van der Waals surface area (Å²) in [5.74, 6) is -1.06. The van der Waals surface area contributed by atoms with E-state index in [-0.39, 0.29) is 31.3 Å². The third-order valence-corrected chi connectivity index (χ3v) is 3.16. The molecule has 1 rings (SSSR count). The van der Waals surface area contributed by atoms with Crippen LogP contribution in [0, 0.1) is 6.92 Å². The van der Waals surface area contributed by atoms with Gasteiger partial charge in [0, 0.05) is 24.7 Å². The maximum Gasteiger partial charge on any atom is 0.305 e. The van der Waals surface area contributed by atoms with Crippen molar-refractivity contribution in [1.82, 2.24) is 0 Å². The molecule has 110 valence electrons. The van der Waals surface area contributed by atoms with Gasteiger partial charge in [-0.25, -0.2) is 0 Å². The molecule has 0 heterocycles. The lowest BCUT2D eigenvalue weighted by atomic mass is 10.1. The summed E-state index contributed by atoms with van der Waals surface area (Å²) in [7, 11) is 0. The molecule has 3 N–H and O–H groups in total. The van der Waals surface area contributed by atoms with Crippen LogP contribution in [0.2, 0.25) is 0 Å². The van der Waals surface area contributed by atoms with Gasteiger partial charge in [-0.3, -0.25) is 9.59 Å². The third kappa shape index (κ3) is 5.01. The summed E-state index contributed by atoms with van der Waals surface area (Å²) in [5, 5.41) is 8.80. The van der Waals surface area contributed by atoms with Crippen molar-refractivity contribution in [3.05, 3.63) is 29.8 Å². The van der Waals surface area contributed by atoms with Gasteiger partial charge < -0.3 is 15.7 Å². The van der Waals surface area contributed by atoms with Gasteiger partial charge in [-0.2, -0.15) is 0 Å². The zero-order valence-corrected chi connectivity index (χ0v) is 12.0. The van der Waals surface area contributed by atoms with Crippen LogP contribution in [-0.2, 0) is 9.59 Å². The van der Waals surface area contributed by atoms with Crippen molar-refractivity contribution in [2.75, 3.05) is 11.4 Å². The molecule has 0 fully saturated rings. The van der Waals surface area contributed by atoms with Gasteiger partial charge in [0.05, 0.1) is 6.42 Å². The molecule has 0 aliphatic heterocycles.